The molecule has 1 aliphatic rings. The summed E-state index contributed by atoms with van der Waals surface area (Å²) in [6, 6.07) is 17.6. The fraction of sp³-hybridized carbons (Fsp3) is 0.250. The van der Waals surface area contributed by atoms with E-state index in [1.54, 1.807) is 18.2 Å². The Bertz CT molecular complexity index is 960. The van der Waals surface area contributed by atoms with E-state index in [-0.39, 0.29) is 11.7 Å². The van der Waals surface area contributed by atoms with Gasteiger partial charge in [0.05, 0.1) is 5.75 Å². The second-order valence-electron chi connectivity index (χ2n) is 6.61. The Labute approximate surface area is 167 Å². The first-order valence-corrected chi connectivity index (χ1v) is 10.1. The number of rotatable bonds is 6. The molecule has 7 heteroatoms. The molecule has 4 rings (SSSR count). The predicted octanol–water partition coefficient (Wildman–Crippen LogP) is 4.47. The van der Waals surface area contributed by atoms with E-state index in [1.807, 2.05) is 23.7 Å². The lowest BCUT2D eigenvalue weighted by atomic mass is 10.1. The summed E-state index contributed by atoms with van der Waals surface area (Å²) in [7, 11) is 1.97. The highest BCUT2D eigenvalue weighted by molar-refractivity contribution is 7.99. The Morgan fingerprint density at radius 1 is 1.19 bits per heavy atom. The molecule has 1 heterocycles. The van der Waals surface area contributed by atoms with Gasteiger partial charge in [-0.15, -0.1) is 10.2 Å². The summed E-state index contributed by atoms with van der Waals surface area (Å²) >= 11 is 7.32. The standard InChI is InChI=1S/C20H19ClN4OS/c1-25-19(17-11-16(17)13-6-3-2-4-7-13)23-24-20(25)27-12-18(26)22-15-9-5-8-14(21)10-15/h2-10,16-17H,11-12H2,1H3,(H,22,26). The van der Waals surface area contributed by atoms with Crippen LogP contribution in [0.25, 0.3) is 0 Å². The van der Waals surface area contributed by atoms with Crippen molar-refractivity contribution in [3.8, 4) is 0 Å². The molecule has 27 heavy (non-hydrogen) atoms. The number of nitrogens with one attached hydrogen (secondary N) is 1. The summed E-state index contributed by atoms with van der Waals surface area (Å²) < 4.78 is 2.00. The van der Waals surface area contributed by atoms with Crippen LogP contribution in [0.5, 0.6) is 0 Å². The van der Waals surface area contributed by atoms with Gasteiger partial charge in [-0.25, -0.2) is 0 Å². The van der Waals surface area contributed by atoms with Gasteiger partial charge in [-0.2, -0.15) is 0 Å². The Morgan fingerprint density at radius 3 is 2.78 bits per heavy atom. The number of anilines is 1. The smallest absolute Gasteiger partial charge is 0.234 e. The summed E-state index contributed by atoms with van der Waals surface area (Å²) in [5, 5.41) is 12.8. The maximum absolute atomic E-state index is 12.2. The number of nitrogens with zero attached hydrogens (tertiary/aromatic N) is 3. The van der Waals surface area contributed by atoms with Gasteiger partial charge in [-0.3, -0.25) is 4.79 Å². The summed E-state index contributed by atoms with van der Waals surface area (Å²) in [6.45, 7) is 0. The Morgan fingerprint density at radius 2 is 2.00 bits per heavy atom. The van der Waals surface area contributed by atoms with Crippen LogP contribution in [-0.2, 0) is 11.8 Å². The number of amides is 1. The van der Waals surface area contributed by atoms with E-state index in [4.69, 9.17) is 11.6 Å². The SMILES string of the molecule is Cn1c(SCC(=O)Nc2cccc(Cl)c2)nnc1C1CC1c1ccccc1. The third kappa shape index (κ3) is 4.17. The van der Waals surface area contributed by atoms with E-state index < -0.39 is 0 Å². The molecular formula is C20H19ClN4OS. The summed E-state index contributed by atoms with van der Waals surface area (Å²) in [4.78, 5) is 12.2. The number of carbonyl (C=O) groups is 1. The second-order valence-corrected chi connectivity index (χ2v) is 7.99. The zero-order chi connectivity index (χ0) is 18.8. The Balaban J connectivity index is 1.35. The zero-order valence-corrected chi connectivity index (χ0v) is 16.4. The highest BCUT2D eigenvalue weighted by Crippen LogP contribution is 2.54. The van der Waals surface area contributed by atoms with E-state index in [0.29, 0.717) is 22.5 Å². The molecule has 1 saturated carbocycles. The molecule has 1 N–H and O–H groups in total. The molecule has 0 bridgehead atoms. The lowest BCUT2D eigenvalue weighted by molar-refractivity contribution is -0.113. The number of halogens is 1. The molecule has 2 aromatic carbocycles. The number of aromatic nitrogens is 3. The first-order chi connectivity index (χ1) is 13.1. The van der Waals surface area contributed by atoms with E-state index in [2.05, 4.69) is 39.8 Å². The van der Waals surface area contributed by atoms with Crippen molar-refractivity contribution < 1.29 is 4.79 Å². The predicted molar refractivity (Wildman–Crippen MR) is 108 cm³/mol. The molecule has 0 aliphatic heterocycles. The van der Waals surface area contributed by atoms with Gasteiger partial charge in [0.15, 0.2) is 5.16 Å². The van der Waals surface area contributed by atoms with E-state index in [1.165, 1.54) is 17.3 Å². The lowest BCUT2D eigenvalue weighted by Crippen LogP contribution is -2.14. The van der Waals surface area contributed by atoms with Crippen LogP contribution in [0.1, 0.15) is 29.6 Å². The van der Waals surface area contributed by atoms with Gasteiger partial charge in [-0.1, -0.05) is 59.8 Å². The third-order valence-electron chi connectivity index (χ3n) is 4.66. The number of benzene rings is 2. The molecule has 2 atom stereocenters. The van der Waals surface area contributed by atoms with Gasteiger partial charge in [0.2, 0.25) is 5.91 Å². The molecule has 1 fully saturated rings. The van der Waals surface area contributed by atoms with Crippen LogP contribution in [-0.4, -0.2) is 26.4 Å². The van der Waals surface area contributed by atoms with Crippen LogP contribution in [0.3, 0.4) is 0 Å². The van der Waals surface area contributed by atoms with Crippen molar-refractivity contribution in [1.82, 2.24) is 14.8 Å². The number of thioether (sulfide) groups is 1. The lowest BCUT2D eigenvalue weighted by Gasteiger charge is -2.06. The average molecular weight is 399 g/mol. The molecule has 1 aromatic heterocycles. The molecule has 2 unspecified atom stereocenters. The summed E-state index contributed by atoms with van der Waals surface area (Å²) in [6.07, 6.45) is 1.09. The van der Waals surface area contributed by atoms with Crippen LogP contribution in [0, 0.1) is 0 Å². The van der Waals surface area contributed by atoms with Gasteiger partial charge in [0.1, 0.15) is 5.82 Å². The fourth-order valence-electron chi connectivity index (χ4n) is 3.22. The van der Waals surface area contributed by atoms with Crippen LogP contribution < -0.4 is 5.32 Å². The first-order valence-electron chi connectivity index (χ1n) is 8.74. The van der Waals surface area contributed by atoms with Crippen molar-refractivity contribution in [2.75, 3.05) is 11.1 Å². The second kappa shape index (κ2) is 7.74. The third-order valence-corrected chi connectivity index (χ3v) is 5.91. The van der Waals surface area contributed by atoms with Gasteiger partial charge in [0.25, 0.3) is 0 Å². The van der Waals surface area contributed by atoms with Gasteiger partial charge >= 0.3 is 0 Å². The van der Waals surface area contributed by atoms with Crippen molar-refractivity contribution >= 4 is 35.0 Å². The van der Waals surface area contributed by atoms with Crippen LogP contribution in [0.2, 0.25) is 5.02 Å². The quantitative estimate of drug-likeness (QED) is 0.622. The maximum atomic E-state index is 12.2. The molecule has 0 spiro atoms. The summed E-state index contributed by atoms with van der Waals surface area (Å²) in [5.74, 6) is 2.07. The first kappa shape index (κ1) is 18.1. The van der Waals surface area contributed by atoms with Crippen LogP contribution in [0.15, 0.2) is 59.8 Å². The van der Waals surface area contributed by atoms with Crippen molar-refractivity contribution in [1.29, 1.82) is 0 Å². The molecule has 0 saturated heterocycles. The molecule has 3 aromatic rings. The monoisotopic (exact) mass is 398 g/mol. The van der Waals surface area contributed by atoms with Crippen molar-refractivity contribution in [2.24, 2.45) is 7.05 Å². The molecule has 1 aliphatic carbocycles. The van der Waals surface area contributed by atoms with Crippen molar-refractivity contribution in [3.63, 3.8) is 0 Å². The minimum atomic E-state index is -0.0969. The Kier molecular flexibility index (Phi) is 5.18. The van der Waals surface area contributed by atoms with E-state index in [0.717, 1.165) is 17.4 Å². The molecule has 1 amide bonds. The molecule has 138 valence electrons. The average Bonchev–Trinajstić information content (AvgIpc) is 3.37. The zero-order valence-electron chi connectivity index (χ0n) is 14.8. The number of carbonyl (C=O) groups excluding carboxylic acids is 1. The Hall–Kier alpha value is -2.31. The largest absolute Gasteiger partial charge is 0.325 e. The molecule has 0 radical (unpaired) electrons. The van der Waals surface area contributed by atoms with Gasteiger partial charge < -0.3 is 9.88 Å². The van der Waals surface area contributed by atoms with Gasteiger partial charge in [0, 0.05) is 23.7 Å². The minimum absolute atomic E-state index is 0.0969. The van der Waals surface area contributed by atoms with E-state index in [9.17, 15) is 4.79 Å². The van der Waals surface area contributed by atoms with E-state index >= 15 is 0 Å². The molecular weight excluding hydrogens is 380 g/mol. The normalized spacial score (nSPS) is 18.3. The number of hydrogen-bond donors (Lipinski definition) is 1. The fourth-order valence-corrected chi connectivity index (χ4v) is 4.13. The van der Waals surface area contributed by atoms with Crippen LogP contribution in [0.4, 0.5) is 5.69 Å². The highest BCUT2D eigenvalue weighted by Gasteiger charge is 2.42. The van der Waals surface area contributed by atoms with Gasteiger partial charge in [-0.05, 0) is 36.1 Å². The topological polar surface area (TPSA) is 59.8 Å². The van der Waals surface area contributed by atoms with Crippen molar-refractivity contribution in [3.05, 3.63) is 71.0 Å². The highest BCUT2D eigenvalue weighted by atomic mass is 35.5. The number of hydrogen-bond acceptors (Lipinski definition) is 4. The van der Waals surface area contributed by atoms with Crippen molar-refractivity contribution in [2.45, 2.75) is 23.4 Å². The minimum Gasteiger partial charge on any atom is -0.325 e. The summed E-state index contributed by atoms with van der Waals surface area (Å²) in [5.41, 5.74) is 2.04. The molecule has 5 nitrogen and oxygen atoms in total. The maximum Gasteiger partial charge on any atom is 0.234 e. The van der Waals surface area contributed by atoms with Crippen LogP contribution >= 0.6 is 23.4 Å².